The molecule has 0 heterocycles. The van der Waals surface area contributed by atoms with Crippen LogP contribution in [0.25, 0.3) is 0 Å². The molecule has 0 bridgehead atoms. The summed E-state index contributed by atoms with van der Waals surface area (Å²) in [5, 5.41) is 9.85. The molecule has 0 fully saturated rings. The van der Waals surface area contributed by atoms with Crippen LogP contribution in [-0.4, -0.2) is 61.0 Å². The third-order valence-corrected chi connectivity index (χ3v) is 5.92. The van der Waals surface area contributed by atoms with Gasteiger partial charge < -0.3 is 39.3 Å². The Bertz CT molecular complexity index is 967. The molecule has 1 rings (SSSR count). The van der Waals surface area contributed by atoms with Crippen LogP contribution in [0.1, 0.15) is 66.4 Å². The molecule has 4 atom stereocenters. The molecule has 12 nitrogen and oxygen atoms in total. The monoisotopic (exact) mass is 555 g/mol. The highest BCUT2D eigenvalue weighted by atomic mass is 16.7. The molecule has 12 heteroatoms. The second-order valence-corrected chi connectivity index (χ2v) is 9.59. The highest BCUT2D eigenvalue weighted by molar-refractivity contribution is 5.79. The molecule has 3 unspecified atom stereocenters. The number of hydrogen-bond acceptors (Lipinski definition) is 11. The molecule has 0 spiro atoms. The quantitative estimate of drug-likeness (QED) is 0.167. The van der Waals surface area contributed by atoms with Crippen LogP contribution in [0, 0.1) is 11.8 Å². The van der Waals surface area contributed by atoms with E-state index in [0.29, 0.717) is 5.56 Å². The molecule has 220 valence electrons. The Morgan fingerprint density at radius 2 is 1.38 bits per heavy atom. The Hall–Kier alpha value is -3.54. The maximum absolute atomic E-state index is 12.3. The van der Waals surface area contributed by atoms with Gasteiger partial charge in [-0.05, 0) is 43.4 Å². The SMILES string of the molecule is CCOC(=O)O[C@@H](C)CC(N)(Cc1ccc(OC(=O)OCC(C)CC)c(OC(=O)OCC(C)CC)c1)C(=O)O. The lowest BCUT2D eigenvalue weighted by atomic mass is 9.86. The van der Waals surface area contributed by atoms with Crippen molar-refractivity contribution < 1.29 is 52.7 Å². The smallest absolute Gasteiger partial charge is 0.480 e. The van der Waals surface area contributed by atoms with Crippen molar-refractivity contribution in [3.63, 3.8) is 0 Å². The fraction of sp³-hybridized carbons (Fsp3) is 0.630. The fourth-order valence-electron chi connectivity index (χ4n) is 3.19. The second-order valence-electron chi connectivity index (χ2n) is 9.59. The highest BCUT2D eigenvalue weighted by Gasteiger charge is 2.37. The minimum Gasteiger partial charge on any atom is -0.480 e. The summed E-state index contributed by atoms with van der Waals surface area (Å²) in [5.41, 5.74) is 4.68. The second kappa shape index (κ2) is 16.4. The van der Waals surface area contributed by atoms with Gasteiger partial charge in [0.15, 0.2) is 11.5 Å². The van der Waals surface area contributed by atoms with E-state index in [9.17, 15) is 24.3 Å². The lowest BCUT2D eigenvalue weighted by molar-refractivity contribution is -0.144. The van der Waals surface area contributed by atoms with E-state index in [2.05, 4.69) is 0 Å². The maximum atomic E-state index is 12.3. The summed E-state index contributed by atoms with van der Waals surface area (Å²) in [5.74, 6) is -1.44. The van der Waals surface area contributed by atoms with Crippen molar-refractivity contribution in [2.75, 3.05) is 19.8 Å². The summed E-state index contributed by atoms with van der Waals surface area (Å²) in [4.78, 5) is 48.3. The van der Waals surface area contributed by atoms with Crippen molar-refractivity contribution in [2.24, 2.45) is 17.6 Å². The highest BCUT2D eigenvalue weighted by Crippen LogP contribution is 2.31. The maximum Gasteiger partial charge on any atom is 0.513 e. The van der Waals surface area contributed by atoms with Crippen LogP contribution in [0.15, 0.2) is 18.2 Å². The van der Waals surface area contributed by atoms with Crippen LogP contribution >= 0.6 is 0 Å². The largest absolute Gasteiger partial charge is 0.513 e. The number of rotatable bonds is 15. The van der Waals surface area contributed by atoms with Crippen LogP contribution in [-0.2, 0) is 30.2 Å². The van der Waals surface area contributed by atoms with Gasteiger partial charge in [0.25, 0.3) is 0 Å². The van der Waals surface area contributed by atoms with Gasteiger partial charge in [-0.2, -0.15) is 0 Å². The Kier molecular flexibility index (Phi) is 14.1. The molecule has 1 aromatic carbocycles. The van der Waals surface area contributed by atoms with Crippen LogP contribution in [0.3, 0.4) is 0 Å². The average molecular weight is 556 g/mol. The van der Waals surface area contributed by atoms with E-state index in [1.54, 1.807) is 6.92 Å². The van der Waals surface area contributed by atoms with Crippen molar-refractivity contribution in [1.82, 2.24) is 0 Å². The zero-order chi connectivity index (χ0) is 29.6. The first-order valence-corrected chi connectivity index (χ1v) is 13.0. The molecule has 0 aliphatic heterocycles. The number of nitrogens with two attached hydrogens (primary N) is 1. The molecule has 0 aliphatic carbocycles. The Morgan fingerprint density at radius 1 is 0.846 bits per heavy atom. The van der Waals surface area contributed by atoms with Crippen LogP contribution in [0.5, 0.6) is 11.5 Å². The summed E-state index contributed by atoms with van der Waals surface area (Å²) in [6, 6.07) is 4.12. The van der Waals surface area contributed by atoms with Gasteiger partial charge in [0.05, 0.1) is 19.8 Å². The summed E-state index contributed by atoms with van der Waals surface area (Å²) < 4.78 is 30.5. The van der Waals surface area contributed by atoms with E-state index in [0.717, 1.165) is 12.8 Å². The van der Waals surface area contributed by atoms with Crippen LogP contribution in [0.4, 0.5) is 14.4 Å². The first-order chi connectivity index (χ1) is 18.3. The lowest BCUT2D eigenvalue weighted by Crippen LogP contribution is -2.52. The van der Waals surface area contributed by atoms with Crippen molar-refractivity contribution in [3.05, 3.63) is 23.8 Å². The summed E-state index contributed by atoms with van der Waals surface area (Å²) >= 11 is 0. The molecule has 3 N–H and O–H groups in total. The van der Waals surface area contributed by atoms with Crippen molar-refractivity contribution in [2.45, 2.75) is 78.9 Å². The predicted octanol–water partition coefficient (Wildman–Crippen LogP) is 5.09. The summed E-state index contributed by atoms with van der Waals surface area (Å²) in [7, 11) is 0. The summed E-state index contributed by atoms with van der Waals surface area (Å²) in [6.07, 6.45) is -2.74. The molecule has 0 aromatic heterocycles. The Balaban J connectivity index is 3.16. The number of ether oxygens (including phenoxy) is 6. The van der Waals surface area contributed by atoms with Gasteiger partial charge in [-0.15, -0.1) is 0 Å². The number of carbonyl (C=O) groups is 4. The molecule has 0 aliphatic rings. The number of carboxylic acids is 1. The zero-order valence-electron chi connectivity index (χ0n) is 23.5. The normalized spacial score (nSPS) is 14.6. The van der Waals surface area contributed by atoms with Crippen molar-refractivity contribution in [3.8, 4) is 11.5 Å². The van der Waals surface area contributed by atoms with Gasteiger partial charge in [-0.25, -0.2) is 14.4 Å². The van der Waals surface area contributed by atoms with E-state index >= 15 is 0 Å². The molecule has 0 saturated heterocycles. The van der Waals surface area contributed by atoms with Gasteiger partial charge in [0.1, 0.15) is 11.6 Å². The Morgan fingerprint density at radius 3 is 1.87 bits per heavy atom. The third-order valence-electron chi connectivity index (χ3n) is 5.92. The Labute approximate surface area is 229 Å². The molecule has 0 amide bonds. The minimum atomic E-state index is -1.86. The zero-order valence-corrected chi connectivity index (χ0v) is 23.5. The molecule has 39 heavy (non-hydrogen) atoms. The first kappa shape index (κ1) is 33.5. The van der Waals surface area contributed by atoms with Crippen LogP contribution < -0.4 is 15.2 Å². The van der Waals surface area contributed by atoms with Gasteiger partial charge in [-0.3, -0.25) is 4.79 Å². The molecular weight excluding hydrogens is 514 g/mol. The number of hydrogen-bond donors (Lipinski definition) is 2. The molecule has 1 aromatic rings. The van der Waals surface area contributed by atoms with Gasteiger partial charge in [0.2, 0.25) is 0 Å². The molecular formula is C27H41NO11. The third kappa shape index (κ3) is 12.2. The van der Waals surface area contributed by atoms with Crippen molar-refractivity contribution in [1.29, 1.82) is 0 Å². The van der Waals surface area contributed by atoms with Crippen LogP contribution in [0.2, 0.25) is 0 Å². The van der Waals surface area contributed by atoms with Gasteiger partial charge in [0, 0.05) is 12.8 Å². The fourth-order valence-corrected chi connectivity index (χ4v) is 3.19. The van der Waals surface area contributed by atoms with E-state index in [4.69, 9.17) is 34.2 Å². The molecule has 0 radical (unpaired) electrons. The standard InChI is InChI=1S/C27H41NO11/c1-7-17(4)15-35-25(32)38-21-11-10-20(12-22(21)39-26(33)36-16-18(5)8-2)14-27(28,23(29)30)13-19(6)37-24(31)34-9-3/h10-12,17-19H,7-9,13-16,28H2,1-6H3,(H,29,30)/t17?,18?,19-,27?/m0/s1. The topological polar surface area (TPSA) is 170 Å². The number of aliphatic carboxylic acids is 1. The minimum absolute atomic E-state index is 0.0976. The number of carbonyl (C=O) groups excluding carboxylic acids is 3. The van der Waals surface area contributed by atoms with E-state index < -0.39 is 36.1 Å². The van der Waals surface area contributed by atoms with E-state index in [1.165, 1.54) is 25.1 Å². The first-order valence-electron chi connectivity index (χ1n) is 13.0. The lowest BCUT2D eigenvalue weighted by Gasteiger charge is -2.28. The average Bonchev–Trinajstić information content (AvgIpc) is 2.87. The van der Waals surface area contributed by atoms with E-state index in [1.807, 2.05) is 27.7 Å². The predicted molar refractivity (Wildman–Crippen MR) is 140 cm³/mol. The van der Waals surface area contributed by atoms with E-state index in [-0.39, 0.29) is 56.0 Å². The van der Waals surface area contributed by atoms with Crippen molar-refractivity contribution >= 4 is 24.4 Å². The van der Waals surface area contributed by atoms with Gasteiger partial charge in [-0.1, -0.05) is 46.6 Å². The molecule has 0 saturated carbocycles. The summed E-state index contributed by atoms with van der Waals surface area (Å²) in [6.45, 7) is 11.2. The number of carboxylic acid groups (broad SMARTS) is 1. The van der Waals surface area contributed by atoms with Gasteiger partial charge >= 0.3 is 24.4 Å². The number of benzene rings is 1.